The number of aromatic carboxylic acids is 1. The number of carboxylic acids is 1. The molecule has 8 nitrogen and oxygen atoms in total. The molecule has 0 aliphatic carbocycles. The van der Waals surface area contributed by atoms with Gasteiger partial charge in [-0.2, -0.15) is 0 Å². The number of hydrogen-bond donors (Lipinski definition) is 2. The first-order valence-corrected chi connectivity index (χ1v) is 9.13. The van der Waals surface area contributed by atoms with E-state index in [0.717, 1.165) is 12.1 Å². The molecule has 12 heteroatoms. The van der Waals surface area contributed by atoms with Crippen molar-refractivity contribution in [1.82, 2.24) is 0 Å². The fourth-order valence-electron chi connectivity index (χ4n) is 2.41. The summed E-state index contributed by atoms with van der Waals surface area (Å²) >= 11 is 0. The van der Waals surface area contributed by atoms with Crippen LogP contribution in [0.4, 0.5) is 18.9 Å². The number of halogens is 3. The maximum Gasteiger partial charge on any atom is 0.573 e. The zero-order valence-corrected chi connectivity index (χ0v) is 14.9. The third-order valence-corrected chi connectivity index (χ3v) is 5.00. The Kier molecular flexibility index (Phi) is 4.96. The Morgan fingerprint density at radius 3 is 2.45 bits per heavy atom. The molecule has 0 atom stereocenters. The smallest absolute Gasteiger partial charge is 0.478 e. The highest BCUT2D eigenvalue weighted by Crippen LogP contribution is 2.32. The van der Waals surface area contributed by atoms with Crippen molar-refractivity contribution >= 4 is 32.6 Å². The number of alkyl halides is 3. The third-order valence-electron chi connectivity index (χ3n) is 3.58. The number of nitrogens with one attached hydrogen (secondary N) is 1. The molecule has 0 fully saturated rings. The Morgan fingerprint density at radius 2 is 1.79 bits per heavy atom. The van der Waals surface area contributed by atoms with Gasteiger partial charge in [-0.25, -0.2) is 18.0 Å². The minimum atomic E-state index is -5.25. The number of rotatable bonds is 5. The Labute approximate surface area is 160 Å². The van der Waals surface area contributed by atoms with Crippen molar-refractivity contribution in [1.29, 1.82) is 0 Å². The van der Waals surface area contributed by atoms with E-state index in [-0.39, 0.29) is 11.3 Å². The van der Waals surface area contributed by atoms with Crippen LogP contribution >= 0.6 is 0 Å². The average Bonchev–Trinajstić information content (AvgIpc) is 2.60. The Morgan fingerprint density at radius 1 is 1.07 bits per heavy atom. The molecule has 0 radical (unpaired) electrons. The quantitative estimate of drug-likeness (QED) is 0.597. The monoisotopic (exact) mass is 429 g/mol. The van der Waals surface area contributed by atoms with E-state index in [4.69, 9.17) is 9.52 Å². The maximum absolute atomic E-state index is 12.7. The van der Waals surface area contributed by atoms with E-state index in [9.17, 15) is 31.2 Å². The lowest BCUT2D eigenvalue weighted by Crippen LogP contribution is -2.21. The lowest BCUT2D eigenvalue weighted by atomic mass is 10.2. The van der Waals surface area contributed by atoms with Gasteiger partial charge < -0.3 is 14.3 Å². The molecule has 29 heavy (non-hydrogen) atoms. The molecule has 2 N–H and O–H groups in total. The zero-order valence-electron chi connectivity index (χ0n) is 14.1. The molecule has 0 bridgehead atoms. The third kappa shape index (κ3) is 4.66. The van der Waals surface area contributed by atoms with Crippen LogP contribution in [0.5, 0.6) is 5.75 Å². The molecule has 0 spiro atoms. The lowest BCUT2D eigenvalue weighted by Gasteiger charge is -2.15. The molecule has 0 unspecified atom stereocenters. The van der Waals surface area contributed by atoms with Gasteiger partial charge in [0.2, 0.25) is 0 Å². The minimum absolute atomic E-state index is 0.0355. The van der Waals surface area contributed by atoms with Crippen molar-refractivity contribution in [2.75, 3.05) is 4.72 Å². The van der Waals surface area contributed by atoms with E-state index in [1.54, 1.807) is 0 Å². The second-order valence-electron chi connectivity index (χ2n) is 5.63. The standard InChI is InChI=1S/C17H10F3NO7S/c18-17(19,20)28-13-8-10(16(23)24)1-5-14(13)29(25,26)21-11-3-4-12-9(7-11)2-6-15(22)27-12/h1-8,21H,(H,23,24). The van der Waals surface area contributed by atoms with E-state index >= 15 is 0 Å². The second kappa shape index (κ2) is 7.13. The van der Waals surface area contributed by atoms with Crippen molar-refractivity contribution in [2.45, 2.75) is 11.3 Å². The van der Waals surface area contributed by atoms with Crippen LogP contribution in [-0.2, 0) is 10.0 Å². The van der Waals surface area contributed by atoms with Gasteiger partial charge >= 0.3 is 18.0 Å². The number of hydrogen-bond acceptors (Lipinski definition) is 6. The maximum atomic E-state index is 12.7. The highest BCUT2D eigenvalue weighted by Gasteiger charge is 2.34. The van der Waals surface area contributed by atoms with Crippen LogP contribution < -0.4 is 15.1 Å². The molecule has 0 saturated heterocycles. The molecule has 1 heterocycles. The fourth-order valence-corrected chi connectivity index (χ4v) is 3.57. The summed E-state index contributed by atoms with van der Waals surface area (Å²) in [6, 6.07) is 8.29. The first-order chi connectivity index (χ1) is 13.4. The number of benzene rings is 2. The van der Waals surface area contributed by atoms with Crippen LogP contribution in [0.2, 0.25) is 0 Å². The summed E-state index contributed by atoms with van der Waals surface area (Å²) in [5.41, 5.74) is -1.07. The first kappa shape index (κ1) is 20.2. The van der Waals surface area contributed by atoms with Crippen LogP contribution in [0.15, 0.2) is 62.6 Å². The van der Waals surface area contributed by atoms with Crippen molar-refractivity contribution in [3.05, 3.63) is 64.5 Å². The molecule has 0 aliphatic heterocycles. The van der Waals surface area contributed by atoms with Gasteiger partial charge in [-0.1, -0.05) is 0 Å². The van der Waals surface area contributed by atoms with Gasteiger partial charge in [0.25, 0.3) is 10.0 Å². The summed E-state index contributed by atoms with van der Waals surface area (Å²) in [6.45, 7) is 0. The Balaban J connectivity index is 2.03. The number of sulfonamides is 1. The number of carbonyl (C=O) groups is 1. The molecule has 1 aromatic heterocycles. The predicted molar refractivity (Wildman–Crippen MR) is 93.4 cm³/mol. The summed E-state index contributed by atoms with van der Waals surface area (Å²) in [6.07, 6.45) is -5.25. The van der Waals surface area contributed by atoms with E-state index < -0.39 is 44.2 Å². The van der Waals surface area contributed by atoms with Crippen LogP contribution in [0.1, 0.15) is 10.4 Å². The molecular formula is C17H10F3NO7S. The van der Waals surface area contributed by atoms with Gasteiger partial charge in [-0.3, -0.25) is 4.72 Å². The van der Waals surface area contributed by atoms with E-state index in [1.165, 1.54) is 24.3 Å². The molecule has 3 rings (SSSR count). The minimum Gasteiger partial charge on any atom is -0.478 e. The van der Waals surface area contributed by atoms with Gasteiger partial charge in [0, 0.05) is 17.1 Å². The first-order valence-electron chi connectivity index (χ1n) is 7.64. The highest BCUT2D eigenvalue weighted by molar-refractivity contribution is 7.92. The largest absolute Gasteiger partial charge is 0.573 e. The lowest BCUT2D eigenvalue weighted by molar-refractivity contribution is -0.275. The molecule has 0 saturated carbocycles. The normalized spacial score (nSPS) is 12.0. The summed E-state index contributed by atoms with van der Waals surface area (Å²) in [7, 11) is -4.60. The molecule has 0 amide bonds. The second-order valence-corrected chi connectivity index (χ2v) is 7.28. The summed E-state index contributed by atoms with van der Waals surface area (Å²) in [5, 5.41) is 9.28. The highest BCUT2D eigenvalue weighted by atomic mass is 32.2. The number of fused-ring (bicyclic) bond motifs is 1. The van der Waals surface area contributed by atoms with Gasteiger partial charge in [-0.15, -0.1) is 13.2 Å². The van der Waals surface area contributed by atoms with Crippen LogP contribution in [0.3, 0.4) is 0 Å². The van der Waals surface area contributed by atoms with Gasteiger partial charge in [0.15, 0.2) is 5.75 Å². The molecule has 152 valence electrons. The topological polar surface area (TPSA) is 123 Å². The number of anilines is 1. The predicted octanol–water partition coefficient (Wildman–Crippen LogP) is 3.19. The summed E-state index contributed by atoms with van der Waals surface area (Å²) in [4.78, 5) is 21.3. The van der Waals surface area contributed by atoms with Crippen LogP contribution in [0.25, 0.3) is 11.0 Å². The number of ether oxygens (including phenoxy) is 1. The van der Waals surface area contributed by atoms with E-state index in [0.29, 0.717) is 17.5 Å². The Hall–Kier alpha value is -3.54. The van der Waals surface area contributed by atoms with Crippen LogP contribution in [-0.4, -0.2) is 25.9 Å². The summed E-state index contributed by atoms with van der Waals surface area (Å²) < 4.78 is 73.8. The Bertz CT molecular complexity index is 1270. The fraction of sp³-hybridized carbons (Fsp3) is 0.0588. The van der Waals surface area contributed by atoms with Crippen LogP contribution in [0, 0.1) is 0 Å². The van der Waals surface area contributed by atoms with Crippen molar-refractivity contribution in [3.8, 4) is 5.75 Å². The van der Waals surface area contributed by atoms with Crippen molar-refractivity contribution in [2.24, 2.45) is 0 Å². The molecule has 0 aliphatic rings. The van der Waals surface area contributed by atoms with E-state index in [1.807, 2.05) is 0 Å². The van der Waals surface area contributed by atoms with Gasteiger partial charge in [0.05, 0.1) is 5.56 Å². The average molecular weight is 429 g/mol. The summed E-state index contributed by atoms with van der Waals surface area (Å²) in [5.74, 6) is -2.76. The van der Waals surface area contributed by atoms with Crippen molar-refractivity contribution in [3.63, 3.8) is 0 Å². The van der Waals surface area contributed by atoms with Gasteiger partial charge in [-0.05, 0) is 42.5 Å². The zero-order chi connectivity index (χ0) is 21.4. The molecule has 3 aromatic rings. The van der Waals surface area contributed by atoms with Crippen molar-refractivity contribution < 1.29 is 40.6 Å². The van der Waals surface area contributed by atoms with E-state index in [2.05, 4.69) is 9.46 Å². The van der Waals surface area contributed by atoms with Gasteiger partial charge in [0.1, 0.15) is 10.5 Å². The molecular weight excluding hydrogens is 419 g/mol. The molecule has 2 aromatic carbocycles. The SMILES string of the molecule is O=C(O)c1ccc(S(=O)(=O)Nc2ccc3oc(=O)ccc3c2)c(OC(F)(F)F)c1. The number of carboxylic acid groups (broad SMARTS) is 1.